The van der Waals surface area contributed by atoms with Gasteiger partial charge in [-0.05, 0) is 29.1 Å². The van der Waals surface area contributed by atoms with Crippen molar-refractivity contribution in [3.8, 4) is 11.8 Å². The van der Waals surface area contributed by atoms with Gasteiger partial charge < -0.3 is 0 Å². The topological polar surface area (TPSA) is 0 Å². The van der Waals surface area contributed by atoms with Gasteiger partial charge >= 0.3 is 0 Å². The summed E-state index contributed by atoms with van der Waals surface area (Å²) in [5.41, 5.74) is 0.241. The summed E-state index contributed by atoms with van der Waals surface area (Å²) in [6.45, 7) is 10.7. The van der Waals surface area contributed by atoms with Gasteiger partial charge in [-0.25, -0.2) is 0 Å². The Morgan fingerprint density at radius 3 is 2.33 bits per heavy atom. The number of allylic oxidation sites excluding steroid dienone is 2. The Labute approximate surface area is 80.8 Å². The van der Waals surface area contributed by atoms with Gasteiger partial charge in [0.1, 0.15) is 0 Å². The largest absolute Gasteiger partial charge is 0.130 e. The molecule has 1 heteroatoms. The predicted octanol–water partition coefficient (Wildman–Crippen LogP) is 3.69. The molecule has 0 atom stereocenters. The fraction of sp³-hybridized carbons (Fsp3) is 0.636. The van der Waals surface area contributed by atoms with Crippen LogP contribution in [0.5, 0.6) is 0 Å². The first kappa shape index (κ1) is 11.6. The molecule has 0 nitrogen and oxygen atoms in total. The molecule has 0 rings (SSSR count). The van der Waals surface area contributed by atoms with Crippen LogP contribution in [0.15, 0.2) is 11.0 Å². The van der Waals surface area contributed by atoms with Crippen molar-refractivity contribution in [3.63, 3.8) is 0 Å². The maximum absolute atomic E-state index is 3.01. The molecule has 0 aromatic rings. The van der Waals surface area contributed by atoms with Gasteiger partial charge in [-0.15, -0.1) is 17.7 Å². The van der Waals surface area contributed by atoms with E-state index in [-0.39, 0.29) is 5.41 Å². The van der Waals surface area contributed by atoms with Gasteiger partial charge in [-0.2, -0.15) is 0 Å². The molecule has 0 aromatic heterocycles. The summed E-state index contributed by atoms with van der Waals surface area (Å²) in [7, 11) is 0. The molecule has 0 bridgehead atoms. The summed E-state index contributed by atoms with van der Waals surface area (Å²) < 4.78 is 0. The van der Waals surface area contributed by atoms with Crippen molar-refractivity contribution in [3.05, 3.63) is 11.0 Å². The third kappa shape index (κ3) is 4.51. The second-order valence-electron chi connectivity index (χ2n) is 3.59. The second-order valence-corrected chi connectivity index (χ2v) is 4.89. The van der Waals surface area contributed by atoms with E-state index in [2.05, 4.69) is 39.5 Å². The second kappa shape index (κ2) is 5.32. The summed E-state index contributed by atoms with van der Waals surface area (Å²) in [4.78, 5) is 1.37. The Morgan fingerprint density at radius 2 is 2.00 bits per heavy atom. The number of rotatable bonds is 2. The Kier molecular flexibility index (Phi) is 5.17. The zero-order valence-electron chi connectivity index (χ0n) is 8.69. The van der Waals surface area contributed by atoms with Crippen LogP contribution in [0.1, 0.15) is 34.6 Å². The fourth-order valence-electron chi connectivity index (χ4n) is 0.768. The lowest BCUT2D eigenvalue weighted by atomic mass is 9.96. The molecule has 0 saturated carbocycles. The van der Waals surface area contributed by atoms with Crippen LogP contribution >= 0.6 is 11.8 Å². The van der Waals surface area contributed by atoms with E-state index in [9.17, 15) is 0 Å². The smallest absolute Gasteiger partial charge is 0.00153 e. The normalized spacial score (nSPS) is 12.2. The standard InChI is InChI=1S/C11H18S/c1-6-8-9-10(12-7-2)11(3,4)5/h9H,7H2,1-5H3. The minimum Gasteiger partial charge on any atom is -0.130 e. The highest BCUT2D eigenvalue weighted by Gasteiger charge is 2.15. The van der Waals surface area contributed by atoms with Gasteiger partial charge in [-0.1, -0.05) is 33.6 Å². The van der Waals surface area contributed by atoms with Crippen LogP contribution in [0.4, 0.5) is 0 Å². The van der Waals surface area contributed by atoms with Crippen LogP contribution in [0.25, 0.3) is 0 Å². The Hall–Kier alpha value is -0.350. The monoisotopic (exact) mass is 182 g/mol. The zero-order valence-corrected chi connectivity index (χ0v) is 9.51. The minimum absolute atomic E-state index is 0.241. The van der Waals surface area contributed by atoms with Crippen LogP contribution in [0.3, 0.4) is 0 Å². The molecule has 68 valence electrons. The quantitative estimate of drug-likeness (QED) is 0.587. The van der Waals surface area contributed by atoms with E-state index in [0.717, 1.165) is 5.75 Å². The van der Waals surface area contributed by atoms with E-state index in [1.807, 2.05) is 24.8 Å². The summed E-state index contributed by atoms with van der Waals surface area (Å²) in [5, 5.41) is 0. The van der Waals surface area contributed by atoms with Crippen molar-refractivity contribution in [1.29, 1.82) is 0 Å². The van der Waals surface area contributed by atoms with Gasteiger partial charge in [-0.3, -0.25) is 0 Å². The Morgan fingerprint density at radius 1 is 1.42 bits per heavy atom. The molecule has 0 radical (unpaired) electrons. The predicted molar refractivity (Wildman–Crippen MR) is 59.1 cm³/mol. The first-order chi connectivity index (χ1) is 5.52. The molecule has 0 saturated heterocycles. The lowest BCUT2D eigenvalue weighted by Crippen LogP contribution is -2.06. The number of hydrogen-bond donors (Lipinski definition) is 0. The molecule has 12 heavy (non-hydrogen) atoms. The summed E-state index contributed by atoms with van der Waals surface area (Å²) in [5.74, 6) is 7.02. The third-order valence-corrected chi connectivity index (χ3v) is 2.72. The van der Waals surface area contributed by atoms with Crippen molar-refractivity contribution in [1.82, 2.24) is 0 Å². The van der Waals surface area contributed by atoms with E-state index < -0.39 is 0 Å². The van der Waals surface area contributed by atoms with Crippen molar-refractivity contribution < 1.29 is 0 Å². The SMILES string of the molecule is CC#CC=C(SCC)C(C)(C)C. The maximum Gasteiger partial charge on any atom is -0.00153 e. The minimum atomic E-state index is 0.241. The third-order valence-electron chi connectivity index (χ3n) is 1.39. The first-order valence-electron chi connectivity index (χ1n) is 4.28. The highest BCUT2D eigenvalue weighted by Crippen LogP contribution is 2.33. The molecule has 0 amide bonds. The van der Waals surface area contributed by atoms with Crippen LogP contribution < -0.4 is 0 Å². The lowest BCUT2D eigenvalue weighted by molar-refractivity contribution is 0.533. The van der Waals surface area contributed by atoms with Crippen LogP contribution in [0, 0.1) is 17.3 Å². The van der Waals surface area contributed by atoms with Crippen molar-refractivity contribution >= 4 is 11.8 Å². The van der Waals surface area contributed by atoms with Gasteiger partial charge in [0.05, 0.1) is 0 Å². The summed E-state index contributed by atoms with van der Waals surface area (Å²) in [6.07, 6.45) is 2.04. The highest BCUT2D eigenvalue weighted by atomic mass is 32.2. The lowest BCUT2D eigenvalue weighted by Gasteiger charge is -2.21. The molecule has 0 aromatic carbocycles. The molecule has 0 spiro atoms. The number of thioether (sulfide) groups is 1. The molecule has 0 aliphatic carbocycles. The van der Waals surface area contributed by atoms with Crippen molar-refractivity contribution in [2.24, 2.45) is 5.41 Å². The van der Waals surface area contributed by atoms with E-state index in [1.165, 1.54) is 4.91 Å². The van der Waals surface area contributed by atoms with E-state index in [1.54, 1.807) is 0 Å². The van der Waals surface area contributed by atoms with Gasteiger partial charge in [0.2, 0.25) is 0 Å². The molecule has 0 N–H and O–H groups in total. The molecule has 0 heterocycles. The zero-order chi connectivity index (χ0) is 9.61. The van der Waals surface area contributed by atoms with Gasteiger partial charge in [0, 0.05) is 0 Å². The molecule has 0 fully saturated rings. The average molecular weight is 182 g/mol. The van der Waals surface area contributed by atoms with Gasteiger partial charge in [0.25, 0.3) is 0 Å². The van der Waals surface area contributed by atoms with E-state index in [4.69, 9.17) is 0 Å². The summed E-state index contributed by atoms with van der Waals surface area (Å²) >= 11 is 1.88. The van der Waals surface area contributed by atoms with E-state index >= 15 is 0 Å². The molecule has 0 aliphatic heterocycles. The van der Waals surface area contributed by atoms with Crippen molar-refractivity contribution in [2.75, 3.05) is 5.75 Å². The Balaban J connectivity index is 4.51. The van der Waals surface area contributed by atoms with E-state index in [0.29, 0.717) is 0 Å². The van der Waals surface area contributed by atoms with Gasteiger partial charge in [0.15, 0.2) is 0 Å². The van der Waals surface area contributed by atoms with Crippen LogP contribution in [0.2, 0.25) is 0 Å². The van der Waals surface area contributed by atoms with Crippen LogP contribution in [-0.2, 0) is 0 Å². The van der Waals surface area contributed by atoms with Crippen molar-refractivity contribution in [2.45, 2.75) is 34.6 Å². The number of hydrogen-bond acceptors (Lipinski definition) is 1. The summed E-state index contributed by atoms with van der Waals surface area (Å²) in [6, 6.07) is 0. The highest BCUT2D eigenvalue weighted by molar-refractivity contribution is 8.03. The first-order valence-corrected chi connectivity index (χ1v) is 5.26. The fourth-order valence-corrected chi connectivity index (χ4v) is 1.65. The maximum atomic E-state index is 3.01. The molecular formula is C11H18S. The molecule has 0 aliphatic rings. The molecule has 0 unspecified atom stereocenters. The Bertz CT molecular complexity index is 207. The molecular weight excluding hydrogens is 164 g/mol. The average Bonchev–Trinajstić information content (AvgIpc) is 1.95. The van der Waals surface area contributed by atoms with Crippen LogP contribution in [-0.4, -0.2) is 5.75 Å².